The number of nitrogens with zero attached hydrogens (tertiary/aromatic N) is 2. The molecule has 2 aromatic carbocycles. The lowest BCUT2D eigenvalue weighted by molar-refractivity contribution is 0.0489. The second kappa shape index (κ2) is 8.17. The highest BCUT2D eigenvalue weighted by Gasteiger charge is 2.23. The molecule has 0 aliphatic rings. The third-order valence-corrected chi connectivity index (χ3v) is 4.50. The summed E-state index contributed by atoms with van der Waals surface area (Å²) in [4.78, 5) is 0. The van der Waals surface area contributed by atoms with Crippen LogP contribution in [0.2, 0.25) is 10.0 Å². The molecule has 0 amide bonds. The van der Waals surface area contributed by atoms with Gasteiger partial charge in [0, 0.05) is 27.7 Å². The Kier molecular flexibility index (Phi) is 5.89. The molecule has 0 fully saturated rings. The van der Waals surface area contributed by atoms with Crippen LogP contribution in [-0.2, 0) is 18.8 Å². The summed E-state index contributed by atoms with van der Waals surface area (Å²) in [6.45, 7) is 3.76. The molecule has 1 aromatic heterocycles. The number of aliphatic hydroxyl groups is 1. The summed E-state index contributed by atoms with van der Waals surface area (Å²) in [5, 5.41) is 21.8. The Morgan fingerprint density at radius 2 is 1.81 bits per heavy atom. The molecule has 0 atom stereocenters. The summed E-state index contributed by atoms with van der Waals surface area (Å²) >= 11 is 12.5. The van der Waals surface area contributed by atoms with E-state index in [0.717, 1.165) is 11.1 Å². The normalized spacial score (nSPS) is 11.4. The zero-order valence-corrected chi connectivity index (χ0v) is 16.4. The average molecular weight is 408 g/mol. The molecule has 0 unspecified atom stereocenters. The number of aromatic nitrogens is 2. The maximum atomic E-state index is 9.90. The third kappa shape index (κ3) is 4.91. The van der Waals surface area contributed by atoms with Crippen LogP contribution in [0.4, 0.5) is 6.01 Å². The molecule has 0 radical (unpaired) electrons. The molecule has 0 aliphatic carbocycles. The number of ether oxygens (including phenoxy) is 1. The van der Waals surface area contributed by atoms with Gasteiger partial charge in [0.25, 0.3) is 0 Å². The van der Waals surface area contributed by atoms with Gasteiger partial charge < -0.3 is 19.6 Å². The van der Waals surface area contributed by atoms with Gasteiger partial charge in [0.15, 0.2) is 0 Å². The summed E-state index contributed by atoms with van der Waals surface area (Å²) in [5.74, 6) is 0.747. The van der Waals surface area contributed by atoms with Gasteiger partial charge in [-0.15, -0.1) is 5.10 Å². The molecule has 3 rings (SSSR count). The SMILES string of the molecule is CC(C)(O)c1nnc(NCc2c(Cl)cccc2OCc2ccccc2Cl)o1. The van der Waals surface area contributed by atoms with Crippen molar-refractivity contribution in [2.75, 3.05) is 5.32 Å². The molecule has 142 valence electrons. The first-order valence-corrected chi connectivity index (χ1v) is 9.04. The van der Waals surface area contributed by atoms with Crippen molar-refractivity contribution in [2.45, 2.75) is 32.6 Å². The quantitative estimate of drug-likeness (QED) is 0.585. The molecule has 0 spiro atoms. The van der Waals surface area contributed by atoms with E-state index in [1.165, 1.54) is 0 Å². The minimum atomic E-state index is -1.21. The fraction of sp³-hybridized carbons (Fsp3) is 0.263. The van der Waals surface area contributed by atoms with Crippen molar-refractivity contribution in [3.63, 3.8) is 0 Å². The Balaban J connectivity index is 1.72. The molecule has 1 heterocycles. The summed E-state index contributed by atoms with van der Waals surface area (Å²) < 4.78 is 11.3. The maximum Gasteiger partial charge on any atom is 0.315 e. The fourth-order valence-electron chi connectivity index (χ4n) is 2.32. The number of nitrogens with one attached hydrogen (secondary N) is 1. The highest BCUT2D eigenvalue weighted by Crippen LogP contribution is 2.29. The topological polar surface area (TPSA) is 80.4 Å². The molecule has 0 saturated carbocycles. The first kappa shape index (κ1) is 19.5. The number of anilines is 1. The van der Waals surface area contributed by atoms with Gasteiger partial charge in [-0.25, -0.2) is 0 Å². The predicted molar refractivity (Wildman–Crippen MR) is 104 cm³/mol. The first-order chi connectivity index (χ1) is 12.8. The highest BCUT2D eigenvalue weighted by atomic mass is 35.5. The van der Waals surface area contributed by atoms with Crippen LogP contribution in [-0.4, -0.2) is 15.3 Å². The minimum Gasteiger partial charge on any atom is -0.488 e. The summed E-state index contributed by atoms with van der Waals surface area (Å²) in [7, 11) is 0. The van der Waals surface area contributed by atoms with Gasteiger partial charge in [0.05, 0.1) is 0 Å². The van der Waals surface area contributed by atoms with Crippen LogP contribution < -0.4 is 10.1 Å². The number of hydrogen-bond donors (Lipinski definition) is 2. The molecule has 27 heavy (non-hydrogen) atoms. The number of hydrogen-bond acceptors (Lipinski definition) is 6. The van der Waals surface area contributed by atoms with Gasteiger partial charge in [-0.05, 0) is 32.0 Å². The first-order valence-electron chi connectivity index (χ1n) is 8.28. The number of rotatable bonds is 7. The van der Waals surface area contributed by atoms with Gasteiger partial charge in [-0.3, -0.25) is 0 Å². The molecule has 0 bridgehead atoms. The smallest absolute Gasteiger partial charge is 0.315 e. The van der Waals surface area contributed by atoms with E-state index in [4.69, 9.17) is 32.4 Å². The van der Waals surface area contributed by atoms with Crippen molar-refractivity contribution in [2.24, 2.45) is 0 Å². The maximum absolute atomic E-state index is 9.90. The van der Waals surface area contributed by atoms with Crippen LogP contribution in [0.15, 0.2) is 46.9 Å². The van der Waals surface area contributed by atoms with Crippen molar-refractivity contribution in [1.29, 1.82) is 0 Å². The van der Waals surface area contributed by atoms with Crippen LogP contribution >= 0.6 is 23.2 Å². The van der Waals surface area contributed by atoms with Gasteiger partial charge in [0.2, 0.25) is 5.89 Å². The van der Waals surface area contributed by atoms with Gasteiger partial charge in [-0.1, -0.05) is 52.6 Å². The van der Waals surface area contributed by atoms with Crippen LogP contribution in [0, 0.1) is 0 Å². The molecule has 0 saturated heterocycles. The Labute approximate surface area is 167 Å². The molecular formula is C19H19Cl2N3O3. The lowest BCUT2D eigenvalue weighted by Gasteiger charge is -2.14. The summed E-state index contributed by atoms with van der Waals surface area (Å²) in [6.07, 6.45) is 0. The second-order valence-corrected chi connectivity index (χ2v) is 7.24. The van der Waals surface area contributed by atoms with Crippen molar-refractivity contribution < 1.29 is 14.3 Å². The van der Waals surface area contributed by atoms with E-state index in [9.17, 15) is 5.11 Å². The summed E-state index contributed by atoms with van der Waals surface area (Å²) in [6, 6.07) is 13.1. The molecular weight excluding hydrogens is 389 g/mol. The Morgan fingerprint density at radius 1 is 1.07 bits per heavy atom. The lowest BCUT2D eigenvalue weighted by atomic mass is 10.1. The van der Waals surface area contributed by atoms with Crippen LogP contribution in [0.3, 0.4) is 0 Å². The fourth-order valence-corrected chi connectivity index (χ4v) is 2.75. The highest BCUT2D eigenvalue weighted by molar-refractivity contribution is 6.31. The van der Waals surface area contributed by atoms with Gasteiger partial charge in [0.1, 0.15) is 18.0 Å². The zero-order chi connectivity index (χ0) is 19.4. The predicted octanol–water partition coefficient (Wildman–Crippen LogP) is 4.79. The Bertz CT molecular complexity index is 923. The van der Waals surface area contributed by atoms with E-state index in [1.807, 2.05) is 36.4 Å². The average Bonchev–Trinajstić information content (AvgIpc) is 3.10. The Morgan fingerprint density at radius 3 is 2.52 bits per heavy atom. The number of benzene rings is 2. The summed E-state index contributed by atoms with van der Waals surface area (Å²) in [5.41, 5.74) is 0.416. The van der Waals surface area contributed by atoms with Crippen LogP contribution in [0.5, 0.6) is 5.75 Å². The van der Waals surface area contributed by atoms with Crippen molar-refractivity contribution >= 4 is 29.2 Å². The van der Waals surface area contributed by atoms with E-state index in [1.54, 1.807) is 19.9 Å². The second-order valence-electron chi connectivity index (χ2n) is 6.42. The standard InChI is InChI=1S/C19H19Cl2N3O3/c1-19(2,25)17-23-24-18(27-17)22-10-13-15(21)8-5-9-16(13)26-11-12-6-3-4-7-14(12)20/h3-9,25H,10-11H2,1-2H3,(H,22,24). The van der Waals surface area contributed by atoms with E-state index in [-0.39, 0.29) is 11.9 Å². The van der Waals surface area contributed by atoms with Crippen molar-refractivity contribution in [3.05, 3.63) is 69.5 Å². The monoisotopic (exact) mass is 407 g/mol. The molecule has 0 aliphatic heterocycles. The number of halogens is 2. The zero-order valence-electron chi connectivity index (χ0n) is 14.9. The van der Waals surface area contributed by atoms with Gasteiger partial charge in [-0.2, -0.15) is 0 Å². The van der Waals surface area contributed by atoms with E-state index in [2.05, 4.69) is 15.5 Å². The minimum absolute atomic E-state index is 0.124. The van der Waals surface area contributed by atoms with E-state index in [0.29, 0.717) is 28.9 Å². The van der Waals surface area contributed by atoms with Crippen LogP contribution in [0.25, 0.3) is 0 Å². The van der Waals surface area contributed by atoms with Gasteiger partial charge >= 0.3 is 6.01 Å². The lowest BCUT2D eigenvalue weighted by Crippen LogP contribution is -2.15. The largest absolute Gasteiger partial charge is 0.488 e. The molecule has 8 heteroatoms. The van der Waals surface area contributed by atoms with Crippen molar-refractivity contribution in [1.82, 2.24) is 10.2 Å². The molecule has 3 aromatic rings. The van der Waals surface area contributed by atoms with Crippen LogP contribution in [0.1, 0.15) is 30.9 Å². The van der Waals surface area contributed by atoms with E-state index < -0.39 is 5.60 Å². The third-order valence-electron chi connectivity index (χ3n) is 3.78. The Hall–Kier alpha value is -2.28. The van der Waals surface area contributed by atoms with E-state index >= 15 is 0 Å². The van der Waals surface area contributed by atoms with Crippen molar-refractivity contribution in [3.8, 4) is 5.75 Å². The molecule has 2 N–H and O–H groups in total. The molecule has 6 nitrogen and oxygen atoms in total.